The Morgan fingerprint density at radius 2 is 1.71 bits per heavy atom. The quantitative estimate of drug-likeness (QED) is 0.758. The maximum Gasteiger partial charge on any atom is 0.0115 e. The van der Waals surface area contributed by atoms with E-state index >= 15 is 0 Å². The second-order valence-electron chi connectivity index (χ2n) is 5.61. The van der Waals surface area contributed by atoms with Crippen LogP contribution in [0.25, 0.3) is 0 Å². The van der Waals surface area contributed by atoms with Crippen LogP contribution in [0.5, 0.6) is 0 Å². The Kier molecular flexibility index (Phi) is 4.83. The zero-order chi connectivity index (χ0) is 12.3. The predicted molar refractivity (Wildman–Crippen MR) is 73.4 cm³/mol. The molecule has 2 fully saturated rings. The predicted octanol–water partition coefficient (Wildman–Crippen LogP) is 1.54. The largest absolute Gasteiger partial charge is 0.317 e. The molecule has 2 unspecified atom stereocenters. The molecule has 3 heteroatoms. The molecule has 0 aromatic rings. The number of likely N-dealkylation sites (N-methyl/N-ethyl adjacent to an activating group) is 1. The van der Waals surface area contributed by atoms with Crippen LogP contribution in [0.4, 0.5) is 0 Å². The van der Waals surface area contributed by atoms with Crippen LogP contribution < -0.4 is 5.32 Å². The van der Waals surface area contributed by atoms with E-state index in [2.05, 4.69) is 36.0 Å². The van der Waals surface area contributed by atoms with Gasteiger partial charge in [0.15, 0.2) is 0 Å². The van der Waals surface area contributed by atoms with Crippen LogP contribution in [-0.2, 0) is 0 Å². The highest BCUT2D eigenvalue weighted by Gasteiger charge is 2.39. The lowest BCUT2D eigenvalue weighted by Crippen LogP contribution is -2.50. The summed E-state index contributed by atoms with van der Waals surface area (Å²) in [5, 5.41) is 3.48. The van der Waals surface area contributed by atoms with Crippen LogP contribution in [0.1, 0.15) is 39.5 Å². The molecule has 17 heavy (non-hydrogen) atoms. The Morgan fingerprint density at radius 3 is 2.18 bits per heavy atom. The van der Waals surface area contributed by atoms with Gasteiger partial charge in [-0.05, 0) is 45.8 Å². The fourth-order valence-corrected chi connectivity index (χ4v) is 3.67. The van der Waals surface area contributed by atoms with Gasteiger partial charge in [-0.1, -0.05) is 13.8 Å². The molecular formula is C14H29N3. The van der Waals surface area contributed by atoms with Crippen molar-refractivity contribution >= 4 is 0 Å². The van der Waals surface area contributed by atoms with Gasteiger partial charge in [0.05, 0.1) is 0 Å². The van der Waals surface area contributed by atoms with Crippen molar-refractivity contribution in [3.05, 3.63) is 0 Å². The van der Waals surface area contributed by atoms with Gasteiger partial charge >= 0.3 is 0 Å². The molecule has 3 nitrogen and oxygen atoms in total. The SMILES string of the molecule is CCN(CC)CCN1C2CCC1CC(NC)C2. The fraction of sp³-hybridized carbons (Fsp3) is 1.00. The third-order valence-corrected chi connectivity index (χ3v) is 4.86. The van der Waals surface area contributed by atoms with Crippen LogP contribution in [0.2, 0.25) is 0 Å². The van der Waals surface area contributed by atoms with Gasteiger partial charge in [-0.2, -0.15) is 0 Å². The van der Waals surface area contributed by atoms with Gasteiger partial charge in [0.1, 0.15) is 0 Å². The van der Waals surface area contributed by atoms with E-state index in [1.165, 1.54) is 51.9 Å². The Balaban J connectivity index is 1.82. The van der Waals surface area contributed by atoms with Gasteiger partial charge in [-0.15, -0.1) is 0 Å². The highest BCUT2D eigenvalue weighted by molar-refractivity contribution is 4.97. The summed E-state index contributed by atoms with van der Waals surface area (Å²) in [7, 11) is 2.12. The van der Waals surface area contributed by atoms with Gasteiger partial charge in [0.25, 0.3) is 0 Å². The molecule has 0 saturated carbocycles. The van der Waals surface area contributed by atoms with Gasteiger partial charge in [0.2, 0.25) is 0 Å². The number of rotatable bonds is 6. The van der Waals surface area contributed by atoms with E-state index in [9.17, 15) is 0 Å². The third kappa shape index (κ3) is 3.01. The molecule has 0 spiro atoms. The topological polar surface area (TPSA) is 18.5 Å². The lowest BCUT2D eigenvalue weighted by molar-refractivity contribution is 0.104. The van der Waals surface area contributed by atoms with Crippen molar-refractivity contribution < 1.29 is 0 Å². The number of piperidine rings is 1. The minimum absolute atomic E-state index is 0.775. The molecule has 2 heterocycles. The number of nitrogens with one attached hydrogen (secondary N) is 1. The number of hydrogen-bond donors (Lipinski definition) is 1. The second-order valence-corrected chi connectivity index (χ2v) is 5.61. The van der Waals surface area contributed by atoms with Crippen LogP contribution in [0.15, 0.2) is 0 Å². The molecule has 2 saturated heterocycles. The minimum Gasteiger partial charge on any atom is -0.317 e. The molecule has 2 rings (SSSR count). The second kappa shape index (κ2) is 6.17. The summed E-state index contributed by atoms with van der Waals surface area (Å²) in [5.74, 6) is 0. The van der Waals surface area contributed by atoms with Crippen LogP contribution >= 0.6 is 0 Å². The molecule has 2 aliphatic rings. The lowest BCUT2D eigenvalue weighted by Gasteiger charge is -2.39. The molecule has 0 aromatic carbocycles. The monoisotopic (exact) mass is 239 g/mol. The maximum absolute atomic E-state index is 3.48. The van der Waals surface area contributed by atoms with Crippen molar-refractivity contribution in [2.45, 2.75) is 57.7 Å². The van der Waals surface area contributed by atoms with Gasteiger partial charge in [-0.25, -0.2) is 0 Å². The number of fused-ring (bicyclic) bond motifs is 2. The third-order valence-electron chi connectivity index (χ3n) is 4.86. The molecule has 2 bridgehead atoms. The Bertz CT molecular complexity index is 214. The van der Waals surface area contributed by atoms with Gasteiger partial charge < -0.3 is 10.2 Å². The van der Waals surface area contributed by atoms with Gasteiger partial charge in [0, 0.05) is 31.2 Å². The first-order valence-corrected chi connectivity index (χ1v) is 7.43. The molecule has 0 aromatic heterocycles. The first kappa shape index (κ1) is 13.3. The Labute approximate surface area is 107 Å². The summed E-state index contributed by atoms with van der Waals surface area (Å²) in [4.78, 5) is 5.34. The highest BCUT2D eigenvalue weighted by atomic mass is 15.3. The summed E-state index contributed by atoms with van der Waals surface area (Å²) >= 11 is 0. The summed E-state index contributed by atoms with van der Waals surface area (Å²) in [5.41, 5.74) is 0. The van der Waals surface area contributed by atoms with E-state index in [0.29, 0.717) is 0 Å². The van der Waals surface area contributed by atoms with E-state index in [4.69, 9.17) is 0 Å². The van der Waals surface area contributed by atoms with Crippen molar-refractivity contribution in [1.82, 2.24) is 15.1 Å². The van der Waals surface area contributed by atoms with E-state index in [-0.39, 0.29) is 0 Å². The number of nitrogens with zero attached hydrogens (tertiary/aromatic N) is 2. The summed E-state index contributed by atoms with van der Waals surface area (Å²) in [6.07, 6.45) is 5.60. The first-order valence-electron chi connectivity index (χ1n) is 7.43. The molecule has 0 aliphatic carbocycles. The summed E-state index contributed by atoms with van der Waals surface area (Å²) < 4.78 is 0. The lowest BCUT2D eigenvalue weighted by atomic mass is 9.97. The fourth-order valence-electron chi connectivity index (χ4n) is 3.67. The molecule has 0 amide bonds. The van der Waals surface area contributed by atoms with Crippen molar-refractivity contribution in [3.63, 3.8) is 0 Å². The van der Waals surface area contributed by atoms with E-state index < -0.39 is 0 Å². The van der Waals surface area contributed by atoms with E-state index in [0.717, 1.165) is 18.1 Å². The van der Waals surface area contributed by atoms with Crippen LogP contribution in [-0.4, -0.2) is 61.2 Å². The molecule has 0 radical (unpaired) electrons. The standard InChI is InChI=1S/C14H29N3/c1-4-16(5-2)8-9-17-13-6-7-14(17)11-12(10-13)15-3/h12-15H,4-11H2,1-3H3. The zero-order valence-corrected chi connectivity index (χ0v) is 11.8. The average Bonchev–Trinajstić information content (AvgIpc) is 2.61. The Morgan fingerprint density at radius 1 is 1.12 bits per heavy atom. The highest BCUT2D eigenvalue weighted by Crippen LogP contribution is 2.35. The molecule has 2 aliphatic heterocycles. The van der Waals surface area contributed by atoms with E-state index in [1.807, 2.05) is 0 Å². The van der Waals surface area contributed by atoms with Crippen LogP contribution in [0, 0.1) is 0 Å². The average molecular weight is 239 g/mol. The molecule has 1 N–H and O–H groups in total. The smallest absolute Gasteiger partial charge is 0.0115 e. The molecule has 2 atom stereocenters. The van der Waals surface area contributed by atoms with Gasteiger partial charge in [-0.3, -0.25) is 4.90 Å². The molecule has 100 valence electrons. The zero-order valence-electron chi connectivity index (χ0n) is 11.8. The Hall–Kier alpha value is -0.120. The minimum atomic E-state index is 0.775. The van der Waals surface area contributed by atoms with Crippen LogP contribution in [0.3, 0.4) is 0 Å². The van der Waals surface area contributed by atoms with Crippen molar-refractivity contribution in [1.29, 1.82) is 0 Å². The van der Waals surface area contributed by atoms with Crippen molar-refractivity contribution in [3.8, 4) is 0 Å². The summed E-state index contributed by atoms with van der Waals surface area (Å²) in [6.45, 7) is 9.46. The normalized spacial score (nSPS) is 33.5. The first-order chi connectivity index (χ1) is 8.28. The summed E-state index contributed by atoms with van der Waals surface area (Å²) in [6, 6.07) is 2.50. The van der Waals surface area contributed by atoms with Crippen molar-refractivity contribution in [2.24, 2.45) is 0 Å². The molecular weight excluding hydrogens is 210 g/mol. The van der Waals surface area contributed by atoms with Crippen molar-refractivity contribution in [2.75, 3.05) is 33.2 Å². The number of hydrogen-bond acceptors (Lipinski definition) is 3. The van der Waals surface area contributed by atoms with E-state index in [1.54, 1.807) is 0 Å². The maximum atomic E-state index is 3.48.